The van der Waals surface area contributed by atoms with E-state index in [4.69, 9.17) is 9.47 Å². The molecular formula is C25H33N3O6S. The first-order valence-corrected chi connectivity index (χ1v) is 13.3. The van der Waals surface area contributed by atoms with Crippen molar-refractivity contribution in [1.29, 1.82) is 0 Å². The van der Waals surface area contributed by atoms with Crippen LogP contribution >= 0.6 is 0 Å². The summed E-state index contributed by atoms with van der Waals surface area (Å²) < 4.78 is 37.6. The standard InChI is InChI=1S/C25H33N3O6S/c1-17(2)26-25(30)19(4)27(15-20-9-7-6-8-18(20)3)24(29)16-28(35(5,31)32)21-10-11-22-23(14-21)34-13-12-33-22/h6-11,14,17,19H,12-13,15-16H2,1-5H3,(H,26,30)/t19-/m0/s1. The van der Waals surface area contributed by atoms with E-state index in [0.717, 1.165) is 21.7 Å². The smallest absolute Gasteiger partial charge is 0.244 e. The number of aryl methyl sites for hydroxylation is 1. The first kappa shape index (κ1) is 26.3. The van der Waals surface area contributed by atoms with Gasteiger partial charge in [-0.15, -0.1) is 0 Å². The molecule has 0 aliphatic carbocycles. The number of hydrogen-bond donors (Lipinski definition) is 1. The highest BCUT2D eigenvalue weighted by Gasteiger charge is 2.31. The maximum atomic E-state index is 13.6. The molecule has 0 fully saturated rings. The summed E-state index contributed by atoms with van der Waals surface area (Å²) in [4.78, 5) is 27.8. The van der Waals surface area contributed by atoms with E-state index in [2.05, 4.69) is 5.32 Å². The first-order chi connectivity index (χ1) is 16.5. The maximum absolute atomic E-state index is 13.6. The number of carbonyl (C=O) groups excluding carboxylic acids is 2. The molecule has 1 aliphatic heterocycles. The van der Waals surface area contributed by atoms with Crippen molar-refractivity contribution in [3.05, 3.63) is 53.6 Å². The molecule has 0 unspecified atom stereocenters. The lowest BCUT2D eigenvalue weighted by Gasteiger charge is -2.32. The van der Waals surface area contributed by atoms with E-state index in [0.29, 0.717) is 24.7 Å². The van der Waals surface area contributed by atoms with Crippen molar-refractivity contribution in [2.24, 2.45) is 0 Å². The van der Waals surface area contributed by atoms with Gasteiger partial charge in [-0.2, -0.15) is 0 Å². The van der Waals surface area contributed by atoms with E-state index in [-0.39, 0.29) is 24.2 Å². The van der Waals surface area contributed by atoms with E-state index in [1.54, 1.807) is 25.1 Å². The molecule has 1 N–H and O–H groups in total. The van der Waals surface area contributed by atoms with Crippen molar-refractivity contribution >= 4 is 27.5 Å². The number of sulfonamides is 1. The second kappa shape index (κ2) is 11.0. The molecule has 3 rings (SSSR count). The van der Waals surface area contributed by atoms with Crippen LogP contribution in [0.3, 0.4) is 0 Å². The molecule has 35 heavy (non-hydrogen) atoms. The molecule has 2 aromatic rings. The van der Waals surface area contributed by atoms with Crippen molar-refractivity contribution in [3.8, 4) is 11.5 Å². The largest absolute Gasteiger partial charge is 0.486 e. The third-order valence-corrected chi connectivity index (χ3v) is 6.83. The average molecular weight is 504 g/mol. The number of nitrogens with zero attached hydrogens (tertiary/aromatic N) is 2. The summed E-state index contributed by atoms with van der Waals surface area (Å²) in [5, 5.41) is 2.83. The summed E-state index contributed by atoms with van der Waals surface area (Å²) in [5.74, 6) is 0.114. The fourth-order valence-electron chi connectivity index (χ4n) is 3.76. The van der Waals surface area contributed by atoms with Gasteiger partial charge in [0.25, 0.3) is 0 Å². The predicted molar refractivity (Wildman–Crippen MR) is 134 cm³/mol. The Hall–Kier alpha value is -3.27. The molecule has 1 heterocycles. The number of ether oxygens (including phenoxy) is 2. The van der Waals surface area contributed by atoms with Crippen LogP contribution in [0.1, 0.15) is 31.9 Å². The van der Waals surface area contributed by atoms with E-state index in [1.165, 1.54) is 4.90 Å². The first-order valence-electron chi connectivity index (χ1n) is 11.5. The van der Waals surface area contributed by atoms with Crippen molar-refractivity contribution < 1.29 is 27.5 Å². The highest BCUT2D eigenvalue weighted by molar-refractivity contribution is 7.92. The fraction of sp³-hybridized carbons (Fsp3) is 0.440. The summed E-state index contributed by atoms with van der Waals surface area (Å²) >= 11 is 0. The van der Waals surface area contributed by atoms with Gasteiger partial charge in [-0.1, -0.05) is 24.3 Å². The summed E-state index contributed by atoms with van der Waals surface area (Å²) in [7, 11) is -3.83. The van der Waals surface area contributed by atoms with Crippen LogP contribution in [-0.4, -0.2) is 63.2 Å². The lowest BCUT2D eigenvalue weighted by molar-refractivity contribution is -0.139. The molecular weight excluding hydrogens is 470 g/mol. The zero-order chi connectivity index (χ0) is 25.8. The lowest BCUT2D eigenvalue weighted by atomic mass is 10.1. The van der Waals surface area contributed by atoms with Crippen molar-refractivity contribution in [1.82, 2.24) is 10.2 Å². The number of nitrogens with one attached hydrogen (secondary N) is 1. The van der Waals surface area contributed by atoms with E-state index >= 15 is 0 Å². The second-order valence-corrected chi connectivity index (χ2v) is 10.8. The number of anilines is 1. The van der Waals surface area contributed by atoms with Gasteiger partial charge in [-0.25, -0.2) is 8.42 Å². The van der Waals surface area contributed by atoms with Gasteiger partial charge in [0.15, 0.2) is 11.5 Å². The summed E-state index contributed by atoms with van der Waals surface area (Å²) in [6.07, 6.45) is 1.04. The van der Waals surface area contributed by atoms with Crippen LogP contribution in [0.2, 0.25) is 0 Å². The number of rotatable bonds is 9. The molecule has 0 radical (unpaired) electrons. The third kappa shape index (κ3) is 6.66. The van der Waals surface area contributed by atoms with Gasteiger partial charge in [0.05, 0.1) is 11.9 Å². The second-order valence-electron chi connectivity index (χ2n) is 8.88. The zero-order valence-electron chi connectivity index (χ0n) is 20.8. The minimum absolute atomic E-state index is 0.106. The van der Waals surface area contributed by atoms with Crippen LogP contribution < -0.4 is 19.1 Å². The average Bonchev–Trinajstić information content (AvgIpc) is 2.80. The van der Waals surface area contributed by atoms with Gasteiger partial charge in [0.1, 0.15) is 25.8 Å². The molecule has 0 aromatic heterocycles. The van der Waals surface area contributed by atoms with Crippen LogP contribution in [0.5, 0.6) is 11.5 Å². The van der Waals surface area contributed by atoms with Gasteiger partial charge in [-0.05, 0) is 51.0 Å². The number of carbonyl (C=O) groups is 2. The summed E-state index contributed by atoms with van der Waals surface area (Å²) in [6, 6.07) is 11.4. The van der Waals surface area contributed by atoms with E-state index < -0.39 is 28.5 Å². The zero-order valence-corrected chi connectivity index (χ0v) is 21.6. The number of hydrogen-bond acceptors (Lipinski definition) is 6. The minimum Gasteiger partial charge on any atom is -0.486 e. The van der Waals surface area contributed by atoms with Crippen molar-refractivity contribution in [2.75, 3.05) is 30.3 Å². The summed E-state index contributed by atoms with van der Waals surface area (Å²) in [6.45, 7) is 7.70. The molecule has 0 bridgehead atoms. The quantitative estimate of drug-likeness (QED) is 0.564. The van der Waals surface area contributed by atoms with Crippen LogP contribution in [0.15, 0.2) is 42.5 Å². The Kier molecular flexibility index (Phi) is 8.26. The molecule has 2 amide bonds. The molecule has 190 valence electrons. The Morgan fingerprint density at radius 3 is 2.31 bits per heavy atom. The predicted octanol–water partition coefficient (Wildman–Crippen LogP) is 2.47. The molecule has 0 spiro atoms. The van der Waals surface area contributed by atoms with Crippen molar-refractivity contribution in [3.63, 3.8) is 0 Å². The Labute approximate surface area is 207 Å². The lowest BCUT2D eigenvalue weighted by Crippen LogP contribution is -2.52. The number of amides is 2. The topological polar surface area (TPSA) is 105 Å². The van der Waals surface area contributed by atoms with E-state index in [9.17, 15) is 18.0 Å². The monoisotopic (exact) mass is 503 g/mol. The van der Waals surface area contributed by atoms with Crippen LogP contribution in [0.25, 0.3) is 0 Å². The molecule has 1 aliphatic rings. The molecule has 0 saturated heterocycles. The van der Waals surface area contributed by atoms with Crippen LogP contribution in [-0.2, 0) is 26.2 Å². The Balaban J connectivity index is 1.93. The highest BCUT2D eigenvalue weighted by atomic mass is 32.2. The Morgan fingerprint density at radius 1 is 1.03 bits per heavy atom. The van der Waals surface area contributed by atoms with Gasteiger partial charge in [0, 0.05) is 18.7 Å². The maximum Gasteiger partial charge on any atom is 0.244 e. The molecule has 9 nitrogen and oxygen atoms in total. The van der Waals surface area contributed by atoms with E-state index in [1.807, 2.05) is 45.0 Å². The fourth-order valence-corrected chi connectivity index (χ4v) is 4.60. The van der Waals surface area contributed by atoms with Gasteiger partial charge < -0.3 is 19.7 Å². The molecule has 0 saturated carbocycles. The SMILES string of the molecule is Cc1ccccc1CN(C(=O)CN(c1ccc2c(c1)OCCO2)S(C)(=O)=O)[C@@H](C)C(=O)NC(C)C. The van der Waals surface area contributed by atoms with Gasteiger partial charge in [-0.3, -0.25) is 13.9 Å². The minimum atomic E-state index is -3.83. The number of fused-ring (bicyclic) bond motifs is 1. The van der Waals surface area contributed by atoms with Gasteiger partial charge in [0.2, 0.25) is 21.8 Å². The summed E-state index contributed by atoms with van der Waals surface area (Å²) in [5.41, 5.74) is 2.11. The van der Waals surface area contributed by atoms with Gasteiger partial charge >= 0.3 is 0 Å². The molecule has 10 heteroatoms. The van der Waals surface area contributed by atoms with Crippen LogP contribution in [0.4, 0.5) is 5.69 Å². The highest BCUT2D eigenvalue weighted by Crippen LogP contribution is 2.34. The Morgan fingerprint density at radius 2 is 1.69 bits per heavy atom. The van der Waals surface area contributed by atoms with Crippen molar-refractivity contribution in [2.45, 2.75) is 46.3 Å². The molecule has 1 atom stereocenters. The molecule has 2 aromatic carbocycles. The normalized spacial score (nSPS) is 13.8. The third-order valence-electron chi connectivity index (χ3n) is 5.69. The van der Waals surface area contributed by atoms with Crippen LogP contribution in [0, 0.1) is 6.92 Å². The Bertz CT molecular complexity index is 1180. The number of benzene rings is 2.